The van der Waals surface area contributed by atoms with Crippen LogP contribution in [0.1, 0.15) is 12.8 Å². The van der Waals surface area contributed by atoms with Gasteiger partial charge in [-0.2, -0.15) is 0 Å². The van der Waals surface area contributed by atoms with E-state index in [2.05, 4.69) is 15.5 Å². The SMILES string of the molecule is CN1CCCC(NC(=O)C(=O)N2CCNCC2)C1. The fraction of sp³-hybridized carbons (Fsp3) is 0.833. The monoisotopic (exact) mass is 254 g/mol. The number of hydrogen-bond acceptors (Lipinski definition) is 4. The van der Waals surface area contributed by atoms with Gasteiger partial charge in [-0.15, -0.1) is 0 Å². The number of piperazine rings is 1. The smallest absolute Gasteiger partial charge is 0.311 e. The van der Waals surface area contributed by atoms with Crippen LogP contribution in [0.15, 0.2) is 0 Å². The van der Waals surface area contributed by atoms with Gasteiger partial charge in [-0.05, 0) is 26.4 Å². The highest BCUT2D eigenvalue weighted by molar-refractivity contribution is 6.35. The maximum absolute atomic E-state index is 11.9. The molecule has 2 rings (SSSR count). The molecule has 2 aliphatic heterocycles. The Morgan fingerprint density at radius 2 is 1.94 bits per heavy atom. The van der Waals surface area contributed by atoms with E-state index in [0.29, 0.717) is 13.1 Å². The lowest BCUT2D eigenvalue weighted by molar-refractivity contribution is -0.146. The number of likely N-dealkylation sites (tertiary alicyclic amines) is 1. The Labute approximate surface area is 108 Å². The van der Waals surface area contributed by atoms with Crippen molar-refractivity contribution in [3.63, 3.8) is 0 Å². The molecule has 0 saturated carbocycles. The van der Waals surface area contributed by atoms with Crippen molar-refractivity contribution in [2.75, 3.05) is 46.3 Å². The summed E-state index contributed by atoms with van der Waals surface area (Å²) in [5.74, 6) is -0.832. The maximum atomic E-state index is 11.9. The van der Waals surface area contributed by atoms with Crippen molar-refractivity contribution < 1.29 is 9.59 Å². The van der Waals surface area contributed by atoms with Crippen molar-refractivity contribution in [3.05, 3.63) is 0 Å². The first-order chi connectivity index (χ1) is 8.66. The van der Waals surface area contributed by atoms with Gasteiger partial charge in [0.2, 0.25) is 0 Å². The lowest BCUT2D eigenvalue weighted by Gasteiger charge is -2.31. The van der Waals surface area contributed by atoms with Crippen LogP contribution in [-0.2, 0) is 9.59 Å². The van der Waals surface area contributed by atoms with Crippen LogP contribution in [0.5, 0.6) is 0 Å². The highest BCUT2D eigenvalue weighted by Gasteiger charge is 2.26. The highest BCUT2D eigenvalue weighted by Crippen LogP contribution is 2.08. The Morgan fingerprint density at radius 3 is 2.61 bits per heavy atom. The third-order valence-corrected chi connectivity index (χ3v) is 3.56. The van der Waals surface area contributed by atoms with Gasteiger partial charge in [0.05, 0.1) is 0 Å². The molecule has 0 aromatic heterocycles. The molecular weight excluding hydrogens is 232 g/mol. The molecule has 6 heteroatoms. The molecule has 0 spiro atoms. The van der Waals surface area contributed by atoms with Gasteiger partial charge in [-0.25, -0.2) is 0 Å². The zero-order valence-corrected chi connectivity index (χ0v) is 10.9. The molecule has 1 unspecified atom stereocenters. The molecule has 6 nitrogen and oxygen atoms in total. The topological polar surface area (TPSA) is 64.7 Å². The summed E-state index contributed by atoms with van der Waals surface area (Å²) in [4.78, 5) is 27.6. The Hall–Kier alpha value is -1.14. The molecule has 0 radical (unpaired) electrons. The van der Waals surface area contributed by atoms with Gasteiger partial charge in [0.1, 0.15) is 0 Å². The van der Waals surface area contributed by atoms with E-state index in [1.165, 1.54) is 0 Å². The fourth-order valence-corrected chi connectivity index (χ4v) is 2.54. The molecule has 0 aliphatic carbocycles. The molecule has 2 amide bonds. The minimum atomic E-state index is -0.447. The molecule has 2 heterocycles. The molecule has 0 bridgehead atoms. The van der Waals surface area contributed by atoms with Crippen molar-refractivity contribution >= 4 is 11.8 Å². The van der Waals surface area contributed by atoms with Gasteiger partial charge in [0.15, 0.2) is 0 Å². The summed E-state index contributed by atoms with van der Waals surface area (Å²) in [5.41, 5.74) is 0. The molecule has 0 aromatic rings. The number of nitrogens with zero attached hydrogens (tertiary/aromatic N) is 2. The van der Waals surface area contributed by atoms with Gasteiger partial charge in [-0.1, -0.05) is 0 Å². The van der Waals surface area contributed by atoms with E-state index in [-0.39, 0.29) is 11.9 Å². The number of hydrogen-bond donors (Lipinski definition) is 2. The first-order valence-electron chi connectivity index (χ1n) is 6.66. The van der Waals surface area contributed by atoms with Crippen LogP contribution in [0.25, 0.3) is 0 Å². The summed E-state index contributed by atoms with van der Waals surface area (Å²) in [5, 5.41) is 6.02. The van der Waals surface area contributed by atoms with Gasteiger partial charge in [0.25, 0.3) is 0 Å². The zero-order valence-electron chi connectivity index (χ0n) is 10.9. The van der Waals surface area contributed by atoms with Crippen LogP contribution in [0.4, 0.5) is 0 Å². The second-order valence-electron chi connectivity index (χ2n) is 5.12. The second-order valence-corrected chi connectivity index (χ2v) is 5.12. The number of likely N-dealkylation sites (N-methyl/N-ethyl adjacent to an activating group) is 1. The predicted octanol–water partition coefficient (Wildman–Crippen LogP) is -1.37. The zero-order chi connectivity index (χ0) is 13.0. The van der Waals surface area contributed by atoms with E-state index < -0.39 is 5.91 Å². The minimum Gasteiger partial charge on any atom is -0.344 e. The van der Waals surface area contributed by atoms with Crippen molar-refractivity contribution in [1.29, 1.82) is 0 Å². The summed E-state index contributed by atoms with van der Waals surface area (Å²) in [6, 6.07) is 0.114. The lowest BCUT2D eigenvalue weighted by Crippen LogP contribution is -2.54. The van der Waals surface area contributed by atoms with Crippen molar-refractivity contribution in [2.24, 2.45) is 0 Å². The maximum Gasteiger partial charge on any atom is 0.311 e. The molecular formula is C12H22N4O2. The second kappa shape index (κ2) is 6.15. The molecule has 2 N–H and O–H groups in total. The van der Waals surface area contributed by atoms with Crippen LogP contribution in [0.3, 0.4) is 0 Å². The molecule has 0 aromatic carbocycles. The third kappa shape index (κ3) is 3.43. The number of carbonyl (C=O) groups is 2. The van der Waals surface area contributed by atoms with E-state index in [1.807, 2.05) is 7.05 Å². The first kappa shape index (κ1) is 13.3. The van der Waals surface area contributed by atoms with Crippen LogP contribution in [-0.4, -0.2) is 74.0 Å². The average molecular weight is 254 g/mol. The summed E-state index contributed by atoms with van der Waals surface area (Å²) in [6.45, 7) is 4.68. The number of amides is 2. The van der Waals surface area contributed by atoms with E-state index in [9.17, 15) is 9.59 Å². The summed E-state index contributed by atoms with van der Waals surface area (Å²) in [6.07, 6.45) is 2.04. The quantitative estimate of drug-likeness (QED) is 0.567. The van der Waals surface area contributed by atoms with Crippen molar-refractivity contribution in [1.82, 2.24) is 20.4 Å². The molecule has 2 aliphatic rings. The van der Waals surface area contributed by atoms with E-state index in [4.69, 9.17) is 0 Å². The average Bonchev–Trinajstić information content (AvgIpc) is 2.39. The fourth-order valence-electron chi connectivity index (χ4n) is 2.54. The Bertz CT molecular complexity index is 315. The van der Waals surface area contributed by atoms with E-state index >= 15 is 0 Å². The van der Waals surface area contributed by atoms with Crippen LogP contribution < -0.4 is 10.6 Å². The molecule has 18 heavy (non-hydrogen) atoms. The summed E-state index contributed by atoms with van der Waals surface area (Å²) in [7, 11) is 2.04. The van der Waals surface area contributed by atoms with Gasteiger partial charge in [-0.3, -0.25) is 9.59 Å². The van der Waals surface area contributed by atoms with Crippen molar-refractivity contribution in [3.8, 4) is 0 Å². The Balaban J connectivity index is 1.81. The predicted molar refractivity (Wildman–Crippen MR) is 68.1 cm³/mol. The summed E-state index contributed by atoms with van der Waals surface area (Å²) < 4.78 is 0. The standard InChI is InChI=1S/C12H22N4O2/c1-15-6-2-3-10(9-15)14-11(17)12(18)16-7-4-13-5-8-16/h10,13H,2-9H2,1H3,(H,14,17). The first-order valence-corrected chi connectivity index (χ1v) is 6.66. The van der Waals surface area contributed by atoms with Crippen LogP contribution in [0.2, 0.25) is 0 Å². The van der Waals surface area contributed by atoms with E-state index in [1.54, 1.807) is 4.90 Å². The van der Waals surface area contributed by atoms with E-state index in [0.717, 1.165) is 39.0 Å². The number of piperidine rings is 1. The lowest BCUT2D eigenvalue weighted by atomic mass is 10.1. The largest absolute Gasteiger partial charge is 0.344 e. The minimum absolute atomic E-state index is 0.114. The third-order valence-electron chi connectivity index (χ3n) is 3.56. The number of rotatable bonds is 1. The number of nitrogens with one attached hydrogen (secondary N) is 2. The van der Waals surface area contributed by atoms with Gasteiger partial charge >= 0.3 is 11.8 Å². The van der Waals surface area contributed by atoms with Gasteiger partial charge < -0.3 is 20.4 Å². The normalized spacial score (nSPS) is 25.8. The Kier molecular flexibility index (Phi) is 4.54. The van der Waals surface area contributed by atoms with Gasteiger partial charge in [0, 0.05) is 38.8 Å². The molecule has 1 atom stereocenters. The Morgan fingerprint density at radius 1 is 1.22 bits per heavy atom. The molecule has 102 valence electrons. The van der Waals surface area contributed by atoms with Crippen molar-refractivity contribution in [2.45, 2.75) is 18.9 Å². The van der Waals surface area contributed by atoms with Crippen LogP contribution in [0, 0.1) is 0 Å². The molecule has 2 fully saturated rings. The van der Waals surface area contributed by atoms with Crippen LogP contribution >= 0.6 is 0 Å². The molecule has 2 saturated heterocycles. The number of carbonyl (C=O) groups excluding carboxylic acids is 2. The highest BCUT2D eigenvalue weighted by atomic mass is 16.2. The summed E-state index contributed by atoms with van der Waals surface area (Å²) >= 11 is 0.